The molecule has 1 aliphatic rings. The molecular formula is C15H17N3OS. The van der Waals surface area contributed by atoms with Crippen molar-refractivity contribution in [2.75, 3.05) is 18.6 Å². The first-order valence-electron chi connectivity index (χ1n) is 6.67. The Morgan fingerprint density at radius 2 is 1.95 bits per heavy atom. The summed E-state index contributed by atoms with van der Waals surface area (Å²) in [6, 6.07) is 9.84. The molecule has 3 rings (SSSR count). The first-order valence-corrected chi connectivity index (χ1v) is 7.89. The first kappa shape index (κ1) is 13.2. The van der Waals surface area contributed by atoms with Crippen LogP contribution in [0, 0.1) is 0 Å². The molecular weight excluding hydrogens is 270 g/mol. The monoisotopic (exact) mass is 287 g/mol. The summed E-state index contributed by atoms with van der Waals surface area (Å²) in [7, 11) is 1.86. The van der Waals surface area contributed by atoms with Crippen molar-refractivity contribution in [1.29, 1.82) is 0 Å². The van der Waals surface area contributed by atoms with Gasteiger partial charge in [-0.3, -0.25) is 0 Å². The quantitative estimate of drug-likeness (QED) is 0.845. The van der Waals surface area contributed by atoms with E-state index in [9.17, 15) is 0 Å². The van der Waals surface area contributed by atoms with Gasteiger partial charge in [0.2, 0.25) is 5.88 Å². The van der Waals surface area contributed by atoms with Crippen molar-refractivity contribution in [3.63, 3.8) is 0 Å². The average molecular weight is 287 g/mol. The molecule has 5 heteroatoms. The van der Waals surface area contributed by atoms with E-state index in [0.29, 0.717) is 11.8 Å². The lowest BCUT2D eigenvalue weighted by atomic mass is 10.3. The third-order valence-corrected chi connectivity index (χ3v) is 3.94. The molecule has 104 valence electrons. The van der Waals surface area contributed by atoms with Crippen LogP contribution < -0.4 is 10.1 Å². The minimum atomic E-state index is 0.504. The van der Waals surface area contributed by atoms with Gasteiger partial charge in [0.15, 0.2) is 0 Å². The van der Waals surface area contributed by atoms with Crippen LogP contribution in [0.4, 0.5) is 5.82 Å². The van der Waals surface area contributed by atoms with Crippen LogP contribution in [0.1, 0.15) is 24.6 Å². The molecule has 0 bridgehead atoms. The molecule has 1 N–H and O–H groups in total. The van der Waals surface area contributed by atoms with E-state index < -0.39 is 0 Å². The second kappa shape index (κ2) is 5.71. The fourth-order valence-corrected chi connectivity index (χ4v) is 2.32. The third kappa shape index (κ3) is 3.04. The maximum Gasteiger partial charge on any atom is 0.224 e. The maximum atomic E-state index is 5.84. The summed E-state index contributed by atoms with van der Waals surface area (Å²) in [5, 5.41) is 3.06. The van der Waals surface area contributed by atoms with Crippen LogP contribution >= 0.6 is 11.8 Å². The molecule has 0 aliphatic heterocycles. The number of thioether (sulfide) groups is 1. The Morgan fingerprint density at radius 3 is 2.55 bits per heavy atom. The number of ether oxygens (including phenoxy) is 1. The lowest BCUT2D eigenvalue weighted by molar-refractivity contribution is 0.458. The highest BCUT2D eigenvalue weighted by molar-refractivity contribution is 7.98. The topological polar surface area (TPSA) is 47.0 Å². The highest BCUT2D eigenvalue weighted by Gasteiger charge is 2.27. The molecule has 1 heterocycles. The van der Waals surface area contributed by atoms with Gasteiger partial charge in [-0.15, -0.1) is 11.8 Å². The number of hydrogen-bond acceptors (Lipinski definition) is 5. The molecule has 1 aliphatic carbocycles. The summed E-state index contributed by atoms with van der Waals surface area (Å²) in [5.41, 5.74) is 0. The molecule has 20 heavy (non-hydrogen) atoms. The molecule has 1 aromatic heterocycles. The summed E-state index contributed by atoms with van der Waals surface area (Å²) in [5.74, 6) is 3.59. The molecule has 4 nitrogen and oxygen atoms in total. The molecule has 0 radical (unpaired) electrons. The molecule has 0 spiro atoms. The highest BCUT2D eigenvalue weighted by Crippen LogP contribution is 2.39. The van der Waals surface area contributed by atoms with Gasteiger partial charge in [-0.05, 0) is 43.4 Å². The number of hydrogen-bond donors (Lipinski definition) is 1. The Labute approximate surface area is 123 Å². The number of nitrogens with zero attached hydrogens (tertiary/aromatic N) is 2. The van der Waals surface area contributed by atoms with Gasteiger partial charge in [0, 0.05) is 23.9 Å². The van der Waals surface area contributed by atoms with E-state index in [-0.39, 0.29) is 0 Å². The summed E-state index contributed by atoms with van der Waals surface area (Å²) in [6.07, 6.45) is 4.41. The van der Waals surface area contributed by atoms with Crippen LogP contribution in [0.3, 0.4) is 0 Å². The fourth-order valence-electron chi connectivity index (χ4n) is 1.91. The van der Waals surface area contributed by atoms with E-state index in [2.05, 4.69) is 21.5 Å². The Morgan fingerprint density at radius 1 is 1.20 bits per heavy atom. The number of anilines is 1. The van der Waals surface area contributed by atoms with Crippen molar-refractivity contribution in [2.45, 2.75) is 23.7 Å². The molecule has 0 atom stereocenters. The first-order chi connectivity index (χ1) is 9.78. The van der Waals surface area contributed by atoms with Gasteiger partial charge in [0.05, 0.1) is 0 Å². The summed E-state index contributed by atoms with van der Waals surface area (Å²) >= 11 is 1.71. The molecule has 2 aromatic rings. The van der Waals surface area contributed by atoms with E-state index in [1.54, 1.807) is 11.8 Å². The van der Waals surface area contributed by atoms with E-state index in [4.69, 9.17) is 4.74 Å². The second-order valence-electron chi connectivity index (χ2n) is 4.75. The van der Waals surface area contributed by atoms with Crippen LogP contribution in [-0.2, 0) is 0 Å². The summed E-state index contributed by atoms with van der Waals surface area (Å²) in [4.78, 5) is 10.2. The minimum absolute atomic E-state index is 0.504. The normalized spacial score (nSPS) is 14.1. The lowest BCUT2D eigenvalue weighted by Gasteiger charge is -2.09. The van der Waals surface area contributed by atoms with Gasteiger partial charge >= 0.3 is 0 Å². The number of nitrogens with one attached hydrogen (secondary N) is 1. The SMILES string of the molecule is CNc1cc(Oc2ccc(SC)cc2)nc(C2CC2)n1. The molecule has 0 unspecified atom stereocenters. The number of rotatable bonds is 5. The Kier molecular flexibility index (Phi) is 3.78. The molecule has 1 aromatic carbocycles. The van der Waals surface area contributed by atoms with Gasteiger partial charge in [-0.2, -0.15) is 4.98 Å². The molecule has 0 saturated heterocycles. The van der Waals surface area contributed by atoms with Crippen molar-refractivity contribution in [3.8, 4) is 11.6 Å². The Bertz CT molecular complexity index is 597. The zero-order chi connectivity index (χ0) is 13.9. The van der Waals surface area contributed by atoms with Crippen LogP contribution in [0.15, 0.2) is 35.2 Å². The van der Waals surface area contributed by atoms with E-state index in [0.717, 1.165) is 17.4 Å². The van der Waals surface area contributed by atoms with Gasteiger partial charge < -0.3 is 10.1 Å². The maximum absolute atomic E-state index is 5.84. The van der Waals surface area contributed by atoms with Gasteiger partial charge in [0.25, 0.3) is 0 Å². The largest absolute Gasteiger partial charge is 0.439 e. The third-order valence-electron chi connectivity index (χ3n) is 3.20. The van der Waals surface area contributed by atoms with Crippen molar-refractivity contribution < 1.29 is 4.74 Å². The number of aromatic nitrogens is 2. The zero-order valence-corrected chi connectivity index (χ0v) is 12.4. The smallest absolute Gasteiger partial charge is 0.224 e. The summed E-state index contributed by atoms with van der Waals surface area (Å²) in [6.45, 7) is 0. The van der Waals surface area contributed by atoms with Crippen molar-refractivity contribution >= 4 is 17.6 Å². The summed E-state index contributed by atoms with van der Waals surface area (Å²) < 4.78 is 5.84. The average Bonchev–Trinajstić information content (AvgIpc) is 3.32. The van der Waals surface area contributed by atoms with E-state index in [1.807, 2.05) is 37.4 Å². The molecule has 1 fully saturated rings. The fraction of sp³-hybridized carbons (Fsp3) is 0.333. The van der Waals surface area contributed by atoms with E-state index >= 15 is 0 Å². The second-order valence-corrected chi connectivity index (χ2v) is 5.63. The number of benzene rings is 1. The highest BCUT2D eigenvalue weighted by atomic mass is 32.2. The van der Waals surface area contributed by atoms with Crippen molar-refractivity contribution in [1.82, 2.24) is 9.97 Å². The standard InChI is InChI=1S/C15H17N3OS/c1-16-13-9-14(18-15(17-13)10-3-4-10)19-11-5-7-12(20-2)8-6-11/h5-10H,3-4H2,1-2H3,(H,16,17,18). The predicted octanol–water partition coefficient (Wildman–Crippen LogP) is 3.91. The van der Waals surface area contributed by atoms with E-state index in [1.165, 1.54) is 17.7 Å². The van der Waals surface area contributed by atoms with Crippen LogP contribution in [0.25, 0.3) is 0 Å². The van der Waals surface area contributed by atoms with Gasteiger partial charge in [0.1, 0.15) is 17.4 Å². The van der Waals surface area contributed by atoms with Crippen molar-refractivity contribution in [2.24, 2.45) is 0 Å². The minimum Gasteiger partial charge on any atom is -0.439 e. The van der Waals surface area contributed by atoms with Crippen LogP contribution in [-0.4, -0.2) is 23.3 Å². The van der Waals surface area contributed by atoms with Crippen LogP contribution in [0.5, 0.6) is 11.6 Å². The zero-order valence-electron chi connectivity index (χ0n) is 11.6. The van der Waals surface area contributed by atoms with Crippen LogP contribution in [0.2, 0.25) is 0 Å². The van der Waals surface area contributed by atoms with Gasteiger partial charge in [-0.25, -0.2) is 4.98 Å². The van der Waals surface area contributed by atoms with Crippen molar-refractivity contribution in [3.05, 3.63) is 36.2 Å². The molecule has 0 amide bonds. The lowest BCUT2D eigenvalue weighted by Crippen LogP contribution is -2.00. The predicted molar refractivity (Wildman–Crippen MR) is 81.9 cm³/mol. The van der Waals surface area contributed by atoms with Gasteiger partial charge in [-0.1, -0.05) is 0 Å². The Hall–Kier alpha value is -1.75. The molecule has 1 saturated carbocycles. The Balaban J connectivity index is 1.83.